The Labute approximate surface area is 528 Å². The molecule has 5 aromatic carbocycles. The van der Waals surface area contributed by atoms with E-state index < -0.39 is 35.6 Å². The number of carboxylic acids is 1. The first-order chi connectivity index (χ1) is 43.5. The zero-order valence-corrected chi connectivity index (χ0v) is 52.0. The number of rotatable bonds is 25. The minimum Gasteiger partial charge on any atom is -0.481 e. The smallest absolute Gasteiger partial charge is 0.334 e. The molecule has 2 heterocycles. The van der Waals surface area contributed by atoms with Gasteiger partial charge in [-0.05, 0) is 121 Å². The molecule has 7 rings (SSSR count). The molecule has 26 heteroatoms. The number of anilines is 5. The first-order valence-electron chi connectivity index (χ1n) is 28.4. The van der Waals surface area contributed by atoms with Crippen LogP contribution in [0.1, 0.15) is 110 Å². The minimum absolute atomic E-state index is 0.0244. The van der Waals surface area contributed by atoms with Gasteiger partial charge in [0.2, 0.25) is 11.8 Å². The van der Waals surface area contributed by atoms with Crippen molar-refractivity contribution < 1.29 is 77.5 Å². The Hall–Kier alpha value is -10.9. The fraction of sp³-hybridized carbons (Fsp3) is 0.323. The van der Waals surface area contributed by atoms with Crippen molar-refractivity contribution in [2.24, 2.45) is 0 Å². The van der Waals surface area contributed by atoms with Crippen molar-refractivity contribution in [3.8, 4) is 6.07 Å². The molecule has 0 aromatic heterocycles. The van der Waals surface area contributed by atoms with Gasteiger partial charge in [-0.2, -0.15) is 10.3 Å². The molecule has 0 aliphatic carbocycles. The molecule has 2 fully saturated rings. The number of benzene rings is 5. The van der Waals surface area contributed by atoms with Crippen molar-refractivity contribution in [1.29, 1.82) is 5.26 Å². The third-order valence-electron chi connectivity index (χ3n) is 13.4. The molecule has 2 aliphatic rings. The van der Waals surface area contributed by atoms with Crippen molar-refractivity contribution in [1.82, 2.24) is 20.8 Å². The van der Waals surface area contributed by atoms with E-state index in [1.807, 2.05) is 89.1 Å². The molecule has 2 saturated heterocycles. The highest BCUT2D eigenvalue weighted by molar-refractivity contribution is 6.02. The molecule has 6 amide bonds. The average Bonchev–Trinajstić information content (AvgIpc) is 4.32. The first-order valence-corrected chi connectivity index (χ1v) is 28.4. The monoisotopic (exact) mass is 1250 g/mol. The Morgan fingerprint density at radius 3 is 0.934 bits per heavy atom. The maximum atomic E-state index is 11.7. The van der Waals surface area contributed by atoms with Crippen LogP contribution in [-0.4, -0.2) is 181 Å². The molecule has 484 valence electrons. The molecule has 91 heavy (non-hydrogen) atoms. The van der Waals surface area contributed by atoms with Crippen LogP contribution in [0.3, 0.4) is 0 Å². The molecule has 0 saturated carbocycles. The lowest BCUT2D eigenvalue weighted by Crippen LogP contribution is -2.33. The van der Waals surface area contributed by atoms with Gasteiger partial charge < -0.3 is 45.1 Å². The van der Waals surface area contributed by atoms with Crippen LogP contribution in [0.25, 0.3) is 0 Å². The predicted molar refractivity (Wildman–Crippen MR) is 340 cm³/mol. The molecule has 4 N–H and O–H groups in total. The van der Waals surface area contributed by atoms with Crippen LogP contribution in [0.2, 0.25) is 0 Å². The summed E-state index contributed by atoms with van der Waals surface area (Å²) in [5, 5.41) is 31.2. The van der Waals surface area contributed by atoms with E-state index in [2.05, 4.69) is 16.7 Å². The van der Waals surface area contributed by atoms with Gasteiger partial charge in [-0.3, -0.25) is 62.7 Å². The van der Waals surface area contributed by atoms with E-state index in [9.17, 15) is 62.3 Å². The second kappa shape index (κ2) is 42.0. The van der Waals surface area contributed by atoms with Crippen molar-refractivity contribution in [2.75, 3.05) is 107 Å². The van der Waals surface area contributed by atoms with Crippen molar-refractivity contribution >= 4 is 107 Å². The normalized spacial score (nSPS) is 11.6. The highest BCUT2D eigenvalue weighted by Gasteiger charge is 2.33. The van der Waals surface area contributed by atoms with Gasteiger partial charge in [0.25, 0.3) is 23.6 Å². The number of amides is 6. The summed E-state index contributed by atoms with van der Waals surface area (Å²) in [7, 11) is 12.6. The van der Waals surface area contributed by atoms with Crippen LogP contribution in [0.5, 0.6) is 0 Å². The maximum Gasteiger partial charge on any atom is 0.334 e. The molecule has 0 atom stereocenters. The summed E-state index contributed by atoms with van der Waals surface area (Å²) in [5.41, 5.74) is 7.92. The number of nitrogens with one attached hydrogen (secondary N) is 2. The SMILES string of the molecule is CN(CCC#N)c1ccc(C=O)cc1.CN(CCC(=O)O)c1ccc(C=O)cc1.CN(CCC(=O)ON1C(=O)CCC1=O)c1ccc(C=O)cc1.CNC(=O)CCN(C)c1ccc(C=O)cc1.CNC(=O)CCN(C)c1ccc(C=O)cc1.O=C1CCC(=O)N1O. The third kappa shape index (κ3) is 29.1. The van der Waals surface area contributed by atoms with Crippen molar-refractivity contribution in [2.45, 2.75) is 57.8 Å². The maximum absolute atomic E-state index is 11.7. The summed E-state index contributed by atoms with van der Waals surface area (Å²) >= 11 is 0. The Morgan fingerprint density at radius 1 is 0.451 bits per heavy atom. The van der Waals surface area contributed by atoms with Crippen LogP contribution in [0.4, 0.5) is 28.4 Å². The van der Waals surface area contributed by atoms with Gasteiger partial charge in [-0.1, -0.05) is 0 Å². The van der Waals surface area contributed by atoms with Crippen molar-refractivity contribution in [3.05, 3.63) is 149 Å². The Balaban J connectivity index is 0.000000379. The topological polar surface area (TPSA) is 342 Å². The van der Waals surface area contributed by atoms with E-state index in [0.717, 1.165) is 59.9 Å². The number of hydrogen-bond acceptors (Lipinski definition) is 21. The molecule has 26 nitrogen and oxygen atoms in total. The van der Waals surface area contributed by atoms with Gasteiger partial charge in [-0.25, -0.2) is 4.79 Å². The first kappa shape index (κ1) is 76.2. The van der Waals surface area contributed by atoms with E-state index in [0.29, 0.717) is 84.9 Å². The Kier molecular flexibility index (Phi) is 35.2. The number of nitriles is 1. The zero-order chi connectivity index (χ0) is 67.8. The van der Waals surface area contributed by atoms with Gasteiger partial charge in [0.05, 0.1) is 25.3 Å². The van der Waals surface area contributed by atoms with E-state index in [1.54, 1.807) is 106 Å². The quantitative estimate of drug-likeness (QED) is 0.0302. The second-order valence-electron chi connectivity index (χ2n) is 19.9. The van der Waals surface area contributed by atoms with Crippen LogP contribution in [0, 0.1) is 11.3 Å². The van der Waals surface area contributed by atoms with Gasteiger partial charge in [0, 0.05) is 177 Å². The number of hydrogen-bond donors (Lipinski definition) is 4. The molecular weight excluding hydrogens is 1180 g/mol. The highest BCUT2D eigenvalue weighted by Crippen LogP contribution is 2.19. The standard InChI is InChI=1S/C15H16N2O5.2C12H16N2O2.C11H12N2O.C11H13NO3.C4H5NO3/c1-16(12-4-2-11(10-18)3-5-12)9-8-15(21)22-17-13(19)6-7-14(17)20;2*1-13-12(16)7-8-14(2)11-5-3-10(9-15)4-6-11;1-13(8-2-7-12)11-5-3-10(9-14)4-6-11;1-12(7-6-11(14)15)10-4-2-9(8-13)3-5-10;6-3-1-2-4(7)5(3)8/h2-5,10H,6-9H2,1H3;2*3-6,9H,7-8H2,1-2H3,(H,13,16);3-6,9H,2,8H2,1H3;2-5,8H,6-7H2,1H3,(H,14,15);8H,1-2H2. The fourth-order valence-electron chi connectivity index (χ4n) is 7.58. The van der Waals surface area contributed by atoms with Crippen LogP contribution >= 0.6 is 0 Å². The van der Waals surface area contributed by atoms with Crippen molar-refractivity contribution in [3.63, 3.8) is 0 Å². The summed E-state index contributed by atoms with van der Waals surface area (Å²) in [4.78, 5) is 154. The lowest BCUT2D eigenvalue weighted by Gasteiger charge is -2.19. The molecule has 0 spiro atoms. The summed E-state index contributed by atoms with van der Waals surface area (Å²) in [6.45, 7) is 2.82. The number of aldehydes is 5. The number of carboxylic acid groups (broad SMARTS) is 1. The summed E-state index contributed by atoms with van der Waals surface area (Å²) in [5.74, 6) is -3.39. The molecule has 0 bridgehead atoms. The molecule has 5 aromatic rings. The molecular formula is C65H78N10O16. The lowest BCUT2D eigenvalue weighted by molar-refractivity contribution is -0.197. The molecule has 0 radical (unpaired) electrons. The molecule has 2 aliphatic heterocycles. The Bertz CT molecular complexity index is 3130. The number of carbonyl (C=O) groups is 13. The number of aliphatic carboxylic acids is 1. The van der Waals surface area contributed by atoms with E-state index in [-0.39, 0.29) is 55.4 Å². The second-order valence-corrected chi connectivity index (χ2v) is 19.9. The third-order valence-corrected chi connectivity index (χ3v) is 13.4. The van der Waals surface area contributed by atoms with Crippen LogP contribution < -0.4 is 35.1 Å². The fourth-order valence-corrected chi connectivity index (χ4v) is 7.58. The number of hydroxylamine groups is 4. The van der Waals surface area contributed by atoms with Crippen LogP contribution in [-0.2, 0) is 43.2 Å². The number of imide groups is 2. The van der Waals surface area contributed by atoms with Gasteiger partial charge in [0.15, 0.2) is 0 Å². The zero-order valence-electron chi connectivity index (χ0n) is 52.0. The average molecular weight is 1260 g/mol. The van der Waals surface area contributed by atoms with Crippen LogP contribution in [0.15, 0.2) is 121 Å². The lowest BCUT2D eigenvalue weighted by atomic mass is 10.2. The minimum atomic E-state index is -0.814. The van der Waals surface area contributed by atoms with Gasteiger partial charge >= 0.3 is 11.9 Å². The highest BCUT2D eigenvalue weighted by atomic mass is 16.7. The van der Waals surface area contributed by atoms with E-state index in [1.165, 1.54) is 0 Å². The number of nitrogens with zero attached hydrogens (tertiary/aromatic N) is 8. The van der Waals surface area contributed by atoms with Gasteiger partial charge in [0.1, 0.15) is 31.4 Å². The molecule has 0 unspecified atom stereocenters. The Morgan fingerprint density at radius 2 is 0.703 bits per heavy atom. The van der Waals surface area contributed by atoms with Gasteiger partial charge in [-0.15, -0.1) is 5.06 Å². The summed E-state index contributed by atoms with van der Waals surface area (Å²) in [6, 6.07) is 37.8. The largest absolute Gasteiger partial charge is 0.481 e. The number of carbonyl (C=O) groups excluding carboxylic acids is 12. The summed E-state index contributed by atoms with van der Waals surface area (Å²) in [6.07, 6.45) is 5.99. The summed E-state index contributed by atoms with van der Waals surface area (Å²) < 4.78 is 0. The van der Waals surface area contributed by atoms with E-state index >= 15 is 0 Å². The van der Waals surface area contributed by atoms with E-state index in [4.69, 9.17) is 20.4 Å². The predicted octanol–water partition coefficient (Wildman–Crippen LogP) is 5.86.